The molecule has 0 unspecified atom stereocenters. The van der Waals surface area contributed by atoms with Crippen LogP contribution in [0.25, 0.3) is 0 Å². The number of aromatic amines is 1. The molecule has 2 rings (SSSR count). The lowest BCUT2D eigenvalue weighted by atomic mass is 10.3. The van der Waals surface area contributed by atoms with Gasteiger partial charge in [-0.1, -0.05) is 19.4 Å². The van der Waals surface area contributed by atoms with Gasteiger partial charge in [0, 0.05) is 13.1 Å². The van der Waals surface area contributed by atoms with Gasteiger partial charge >= 0.3 is 11.7 Å². The third-order valence-electron chi connectivity index (χ3n) is 3.89. The summed E-state index contributed by atoms with van der Waals surface area (Å²) in [6.45, 7) is 3.51. The van der Waals surface area contributed by atoms with Crippen LogP contribution in [0, 0.1) is 0 Å². The van der Waals surface area contributed by atoms with E-state index in [1.54, 1.807) is 24.4 Å². The summed E-state index contributed by atoms with van der Waals surface area (Å²) < 4.78 is 6.24. The second kappa shape index (κ2) is 9.17. The Kier molecular flexibility index (Phi) is 6.94. The van der Waals surface area contributed by atoms with Gasteiger partial charge in [-0.15, -0.1) is 11.3 Å². The number of thiophene rings is 1. The van der Waals surface area contributed by atoms with Crippen molar-refractivity contribution in [3.63, 3.8) is 0 Å². The Hall–Kier alpha value is -2.88. The first kappa shape index (κ1) is 20.4. The lowest BCUT2D eigenvalue weighted by molar-refractivity contribution is -0.121. The van der Waals surface area contributed by atoms with E-state index in [0.29, 0.717) is 17.8 Å². The number of rotatable bonds is 8. The number of hydrogen-bond acceptors (Lipinski definition) is 7. The lowest BCUT2D eigenvalue weighted by Gasteiger charge is -2.23. The highest BCUT2D eigenvalue weighted by Gasteiger charge is 2.24. The first-order valence-electron chi connectivity index (χ1n) is 8.54. The van der Waals surface area contributed by atoms with Gasteiger partial charge in [-0.3, -0.25) is 19.1 Å². The SMILES string of the molecule is CCCCn1c(N)c(N(CC)C(=O)COC(=O)c2cccs2)c(=O)[nH]c1=O. The molecule has 0 radical (unpaired) electrons. The van der Waals surface area contributed by atoms with Crippen LogP contribution >= 0.6 is 11.3 Å². The average molecular weight is 394 g/mol. The number of nitrogens with two attached hydrogens (primary N) is 1. The molecule has 2 aromatic rings. The highest BCUT2D eigenvalue weighted by Crippen LogP contribution is 2.17. The third-order valence-corrected chi connectivity index (χ3v) is 4.74. The number of aromatic nitrogens is 2. The van der Waals surface area contributed by atoms with E-state index < -0.39 is 29.7 Å². The zero-order valence-electron chi connectivity index (χ0n) is 15.2. The Morgan fingerprint density at radius 2 is 2.07 bits per heavy atom. The highest BCUT2D eigenvalue weighted by atomic mass is 32.1. The summed E-state index contributed by atoms with van der Waals surface area (Å²) in [6, 6.07) is 3.28. The molecule has 9 nitrogen and oxygen atoms in total. The summed E-state index contributed by atoms with van der Waals surface area (Å²) in [4.78, 5) is 52.3. The van der Waals surface area contributed by atoms with Gasteiger partial charge in [0.05, 0.1) is 0 Å². The van der Waals surface area contributed by atoms with Gasteiger partial charge in [-0.2, -0.15) is 0 Å². The van der Waals surface area contributed by atoms with E-state index in [1.165, 1.54) is 15.9 Å². The smallest absolute Gasteiger partial charge is 0.348 e. The van der Waals surface area contributed by atoms with Crippen molar-refractivity contribution in [1.29, 1.82) is 0 Å². The van der Waals surface area contributed by atoms with Crippen molar-refractivity contribution < 1.29 is 14.3 Å². The van der Waals surface area contributed by atoms with Crippen LogP contribution < -0.4 is 21.9 Å². The molecule has 0 bridgehead atoms. The zero-order chi connectivity index (χ0) is 20.0. The Labute approximate surface area is 159 Å². The molecule has 0 aliphatic carbocycles. The van der Waals surface area contributed by atoms with Gasteiger partial charge < -0.3 is 15.4 Å². The number of likely N-dealkylation sites (N-methyl/N-ethyl adjacent to an activating group) is 1. The zero-order valence-corrected chi connectivity index (χ0v) is 16.0. The van der Waals surface area contributed by atoms with E-state index in [1.807, 2.05) is 6.92 Å². The fraction of sp³-hybridized carbons (Fsp3) is 0.412. The molecule has 27 heavy (non-hydrogen) atoms. The normalized spacial score (nSPS) is 10.6. The van der Waals surface area contributed by atoms with Gasteiger partial charge in [0.2, 0.25) is 0 Å². The standard InChI is InChI=1S/C17H22N4O5S/c1-3-5-8-21-14(18)13(15(23)19-17(21)25)20(4-2)12(22)10-26-16(24)11-7-6-9-27-11/h6-7,9H,3-5,8,10,18H2,1-2H3,(H,19,23,25). The van der Waals surface area contributed by atoms with Crippen molar-refractivity contribution in [3.05, 3.63) is 43.2 Å². The van der Waals surface area contributed by atoms with Crippen LogP contribution in [0.2, 0.25) is 0 Å². The molecule has 2 aromatic heterocycles. The molecule has 0 atom stereocenters. The number of unbranched alkanes of at least 4 members (excludes halogenated alkanes) is 1. The number of nitrogen functional groups attached to an aromatic ring is 1. The first-order chi connectivity index (χ1) is 12.9. The van der Waals surface area contributed by atoms with Gasteiger partial charge in [0.15, 0.2) is 12.3 Å². The van der Waals surface area contributed by atoms with Crippen molar-refractivity contribution in [1.82, 2.24) is 9.55 Å². The van der Waals surface area contributed by atoms with Crippen LogP contribution in [0.15, 0.2) is 27.1 Å². The fourth-order valence-corrected chi connectivity index (χ4v) is 3.12. The molecule has 1 amide bonds. The number of nitrogens with zero attached hydrogens (tertiary/aromatic N) is 2. The number of esters is 1. The number of carbonyl (C=O) groups is 2. The van der Waals surface area contributed by atoms with Gasteiger partial charge in [-0.25, -0.2) is 9.59 Å². The minimum absolute atomic E-state index is 0.0861. The van der Waals surface area contributed by atoms with Crippen LogP contribution in [0.1, 0.15) is 36.4 Å². The quantitative estimate of drug-likeness (QED) is 0.648. The van der Waals surface area contributed by atoms with Gasteiger partial charge in [-0.05, 0) is 24.8 Å². The Morgan fingerprint density at radius 1 is 1.33 bits per heavy atom. The first-order valence-corrected chi connectivity index (χ1v) is 9.42. The minimum Gasteiger partial charge on any atom is -0.451 e. The van der Waals surface area contributed by atoms with Crippen LogP contribution in [-0.2, 0) is 16.1 Å². The van der Waals surface area contributed by atoms with Crippen molar-refractivity contribution in [2.45, 2.75) is 33.2 Å². The molecule has 0 aliphatic heterocycles. The second-order valence-corrected chi connectivity index (χ2v) is 6.64. The highest BCUT2D eigenvalue weighted by molar-refractivity contribution is 7.11. The summed E-state index contributed by atoms with van der Waals surface area (Å²) in [5.74, 6) is -1.32. The minimum atomic E-state index is -0.759. The Morgan fingerprint density at radius 3 is 2.67 bits per heavy atom. The average Bonchev–Trinajstić information content (AvgIpc) is 3.17. The maximum atomic E-state index is 12.5. The molecule has 0 saturated carbocycles. The second-order valence-electron chi connectivity index (χ2n) is 5.69. The molecular formula is C17H22N4O5S. The number of carbonyl (C=O) groups excluding carboxylic acids is 2. The van der Waals surface area contributed by atoms with Crippen molar-refractivity contribution >= 4 is 34.7 Å². The Bertz CT molecular complexity index is 916. The van der Waals surface area contributed by atoms with E-state index in [-0.39, 0.29) is 18.1 Å². The van der Waals surface area contributed by atoms with E-state index in [9.17, 15) is 19.2 Å². The largest absolute Gasteiger partial charge is 0.451 e. The summed E-state index contributed by atoms with van der Waals surface area (Å²) in [7, 11) is 0. The number of hydrogen-bond donors (Lipinski definition) is 2. The van der Waals surface area contributed by atoms with Gasteiger partial charge in [0.1, 0.15) is 10.7 Å². The fourth-order valence-electron chi connectivity index (χ4n) is 2.51. The molecule has 146 valence electrons. The van der Waals surface area contributed by atoms with Gasteiger partial charge in [0.25, 0.3) is 11.5 Å². The predicted molar refractivity (Wildman–Crippen MR) is 103 cm³/mol. The number of anilines is 2. The molecule has 0 fully saturated rings. The summed E-state index contributed by atoms with van der Waals surface area (Å²) in [5, 5.41) is 1.72. The molecule has 3 N–H and O–H groups in total. The van der Waals surface area contributed by atoms with E-state index in [2.05, 4.69) is 4.98 Å². The molecule has 0 spiro atoms. The number of ether oxygens (including phenoxy) is 1. The molecule has 0 aliphatic rings. The van der Waals surface area contributed by atoms with Crippen LogP contribution in [0.5, 0.6) is 0 Å². The predicted octanol–water partition coefficient (Wildman–Crippen LogP) is 1.19. The maximum Gasteiger partial charge on any atom is 0.348 e. The Balaban J connectivity index is 2.25. The maximum absolute atomic E-state index is 12.5. The van der Waals surface area contributed by atoms with Crippen LogP contribution in [-0.4, -0.2) is 34.6 Å². The summed E-state index contributed by atoms with van der Waals surface area (Å²) in [5.41, 5.74) is 4.51. The van der Waals surface area contributed by atoms with E-state index in [4.69, 9.17) is 10.5 Å². The molecular weight excluding hydrogens is 372 g/mol. The van der Waals surface area contributed by atoms with Crippen LogP contribution in [0.3, 0.4) is 0 Å². The van der Waals surface area contributed by atoms with Crippen LogP contribution in [0.4, 0.5) is 11.5 Å². The molecule has 0 aromatic carbocycles. The van der Waals surface area contributed by atoms with Crippen molar-refractivity contribution in [2.24, 2.45) is 0 Å². The molecule has 0 saturated heterocycles. The number of nitrogens with one attached hydrogen (secondary N) is 1. The van der Waals surface area contributed by atoms with E-state index in [0.717, 1.165) is 11.3 Å². The molecule has 2 heterocycles. The molecule has 10 heteroatoms. The van der Waals surface area contributed by atoms with Crippen molar-refractivity contribution in [3.8, 4) is 0 Å². The third kappa shape index (κ3) is 4.64. The number of amides is 1. The lowest BCUT2D eigenvalue weighted by Crippen LogP contribution is -2.42. The topological polar surface area (TPSA) is 127 Å². The summed E-state index contributed by atoms with van der Waals surface area (Å²) >= 11 is 1.20. The van der Waals surface area contributed by atoms with Crippen molar-refractivity contribution in [2.75, 3.05) is 23.8 Å². The summed E-state index contributed by atoms with van der Waals surface area (Å²) in [6.07, 6.45) is 1.52. The van der Waals surface area contributed by atoms with E-state index >= 15 is 0 Å². The monoisotopic (exact) mass is 394 g/mol. The number of H-pyrrole nitrogens is 1.